The van der Waals surface area contributed by atoms with Crippen LogP contribution in [0.15, 0.2) is 59.6 Å². The van der Waals surface area contributed by atoms with Gasteiger partial charge in [0.05, 0.1) is 36.5 Å². The van der Waals surface area contributed by atoms with Crippen LogP contribution in [0.3, 0.4) is 0 Å². The van der Waals surface area contributed by atoms with Gasteiger partial charge in [0.15, 0.2) is 0 Å². The quantitative estimate of drug-likeness (QED) is 0.359. The molecule has 3 atom stereocenters. The van der Waals surface area contributed by atoms with E-state index >= 15 is 0 Å². The van der Waals surface area contributed by atoms with Crippen LogP contribution in [0.2, 0.25) is 0 Å². The van der Waals surface area contributed by atoms with E-state index in [-0.39, 0.29) is 12.1 Å². The summed E-state index contributed by atoms with van der Waals surface area (Å²) in [5, 5.41) is 13.9. The number of hydrogen-bond acceptors (Lipinski definition) is 9. The Bertz CT molecular complexity index is 1600. The number of fused-ring (bicyclic) bond motifs is 2. The number of carbonyl (C=O) groups is 1. The predicted octanol–water partition coefficient (Wildman–Crippen LogP) is 3.36. The topological polar surface area (TPSA) is 135 Å². The highest BCUT2D eigenvalue weighted by Gasteiger charge is 2.61. The van der Waals surface area contributed by atoms with E-state index in [9.17, 15) is 10.1 Å². The van der Waals surface area contributed by atoms with E-state index in [2.05, 4.69) is 41.9 Å². The number of rotatable bonds is 6. The van der Waals surface area contributed by atoms with E-state index in [1.165, 1.54) is 0 Å². The summed E-state index contributed by atoms with van der Waals surface area (Å²) in [4.78, 5) is 25.4. The number of anilines is 1. The SMILES string of the molecule is COc1ccc(CN2CC(C)(OC(N)=O)[C@H]3[C@@H]2CN3c2ccc(-c3cc(Br)cn4ncc(C#N)c34)cn2)cn1. The molecule has 0 spiro atoms. The van der Waals surface area contributed by atoms with Gasteiger partial charge in [-0.2, -0.15) is 10.4 Å². The lowest BCUT2D eigenvalue weighted by Crippen LogP contribution is -2.68. The van der Waals surface area contributed by atoms with Gasteiger partial charge in [0.1, 0.15) is 17.5 Å². The summed E-state index contributed by atoms with van der Waals surface area (Å²) in [5.74, 6) is 1.33. The van der Waals surface area contributed by atoms with E-state index in [1.807, 2.05) is 43.5 Å². The average Bonchev–Trinajstić information content (AvgIpc) is 3.38. The maximum Gasteiger partial charge on any atom is 0.405 e. The highest BCUT2D eigenvalue weighted by Crippen LogP contribution is 2.44. The number of amides is 1. The number of carbonyl (C=O) groups excluding carboxylic acids is 1. The third kappa shape index (κ3) is 4.33. The van der Waals surface area contributed by atoms with Crippen molar-refractivity contribution in [3.05, 3.63) is 70.7 Å². The van der Waals surface area contributed by atoms with Gasteiger partial charge in [0.25, 0.3) is 0 Å². The Kier molecular flexibility index (Phi) is 6.12. The van der Waals surface area contributed by atoms with Crippen LogP contribution in [-0.2, 0) is 11.3 Å². The van der Waals surface area contributed by atoms with Crippen molar-refractivity contribution in [3.63, 3.8) is 0 Å². The average molecular weight is 589 g/mol. The molecule has 2 saturated heterocycles. The van der Waals surface area contributed by atoms with Crippen molar-refractivity contribution in [1.82, 2.24) is 24.5 Å². The summed E-state index contributed by atoms with van der Waals surface area (Å²) >= 11 is 3.53. The van der Waals surface area contributed by atoms with Crippen LogP contribution in [-0.4, -0.2) is 68.5 Å². The maximum absolute atomic E-state index is 11.9. The standard InChI is InChI=1S/C27H25BrN8O3/c1-27(39-26(30)37)15-34(12-16-3-6-23(38-2)32-9-16)21-14-35(25(21)27)22-5-4-17(10-31-22)20-7-19(28)13-36-24(20)18(8-29)11-33-36/h3-7,9-11,13,21,25H,12,14-15H2,1-2H3,(H2,30,37)/t21-,25+,27?/m0/s1. The van der Waals surface area contributed by atoms with E-state index < -0.39 is 11.7 Å². The van der Waals surface area contributed by atoms with E-state index in [1.54, 1.807) is 30.2 Å². The molecule has 2 N–H and O–H groups in total. The predicted molar refractivity (Wildman–Crippen MR) is 146 cm³/mol. The van der Waals surface area contributed by atoms with Gasteiger partial charge in [0.2, 0.25) is 5.88 Å². The van der Waals surface area contributed by atoms with Gasteiger partial charge in [-0.3, -0.25) is 4.90 Å². The van der Waals surface area contributed by atoms with Gasteiger partial charge in [-0.1, -0.05) is 6.07 Å². The number of likely N-dealkylation sites (tertiary alicyclic amines) is 1. The first-order chi connectivity index (χ1) is 18.8. The van der Waals surface area contributed by atoms with E-state index in [0.29, 0.717) is 24.5 Å². The number of nitrogens with two attached hydrogens (primary N) is 1. The summed E-state index contributed by atoms with van der Waals surface area (Å²) in [6.07, 6.45) is 6.16. The Morgan fingerprint density at radius 1 is 1.26 bits per heavy atom. The van der Waals surface area contributed by atoms with Crippen LogP contribution in [0, 0.1) is 11.3 Å². The number of hydrogen-bond donors (Lipinski definition) is 1. The van der Waals surface area contributed by atoms with Crippen molar-refractivity contribution in [2.75, 3.05) is 25.1 Å². The van der Waals surface area contributed by atoms with Crippen LogP contribution >= 0.6 is 15.9 Å². The Hall–Kier alpha value is -4.21. The number of halogens is 1. The first-order valence-corrected chi connectivity index (χ1v) is 13.1. The molecule has 1 unspecified atom stereocenters. The molecule has 0 bridgehead atoms. The molecule has 0 radical (unpaired) electrons. The molecule has 198 valence electrons. The molecule has 6 rings (SSSR count). The van der Waals surface area contributed by atoms with Crippen molar-refractivity contribution in [1.29, 1.82) is 5.26 Å². The summed E-state index contributed by atoms with van der Waals surface area (Å²) in [6.45, 7) is 3.83. The van der Waals surface area contributed by atoms with Gasteiger partial charge < -0.3 is 20.1 Å². The fraction of sp³-hybridized carbons (Fsp3) is 0.296. The molecule has 11 nitrogen and oxygen atoms in total. The molecule has 6 heterocycles. The monoisotopic (exact) mass is 588 g/mol. The van der Waals surface area contributed by atoms with Gasteiger partial charge in [-0.15, -0.1) is 0 Å². The van der Waals surface area contributed by atoms with Crippen LogP contribution < -0.4 is 15.4 Å². The second-order valence-corrected chi connectivity index (χ2v) is 10.9. The number of ether oxygens (including phenoxy) is 2. The van der Waals surface area contributed by atoms with Gasteiger partial charge in [-0.05, 0) is 46.6 Å². The number of primary amides is 1. The molecule has 4 aromatic rings. The first-order valence-electron chi connectivity index (χ1n) is 12.3. The summed E-state index contributed by atoms with van der Waals surface area (Å²) < 4.78 is 13.4. The molecule has 2 fully saturated rings. The normalized spacial score (nSPS) is 22.3. The Balaban J connectivity index is 1.27. The fourth-order valence-corrected chi connectivity index (χ4v) is 6.27. The highest BCUT2D eigenvalue weighted by atomic mass is 79.9. The Morgan fingerprint density at radius 3 is 2.77 bits per heavy atom. The zero-order chi connectivity index (χ0) is 27.3. The van der Waals surface area contributed by atoms with Crippen molar-refractivity contribution in [2.24, 2.45) is 5.73 Å². The number of methoxy groups -OCH3 is 1. The second kappa shape index (κ2) is 9.52. The third-order valence-corrected chi connectivity index (χ3v) is 7.91. The fourth-order valence-electron chi connectivity index (χ4n) is 5.85. The third-order valence-electron chi connectivity index (χ3n) is 7.47. The molecule has 39 heavy (non-hydrogen) atoms. The highest BCUT2D eigenvalue weighted by molar-refractivity contribution is 9.10. The Labute approximate surface area is 232 Å². The van der Waals surface area contributed by atoms with Crippen molar-refractivity contribution in [2.45, 2.75) is 31.2 Å². The van der Waals surface area contributed by atoms with Crippen LogP contribution in [0.4, 0.5) is 10.6 Å². The lowest BCUT2D eigenvalue weighted by Gasteiger charge is -2.50. The number of pyridine rings is 3. The minimum atomic E-state index is -0.815. The smallest absolute Gasteiger partial charge is 0.405 e. The minimum Gasteiger partial charge on any atom is -0.481 e. The minimum absolute atomic E-state index is 0.118. The first kappa shape index (κ1) is 25.1. The molecule has 12 heteroatoms. The molecule has 2 aliphatic rings. The summed E-state index contributed by atoms with van der Waals surface area (Å²) in [7, 11) is 1.59. The molecular formula is C27H25BrN8O3. The largest absolute Gasteiger partial charge is 0.481 e. The van der Waals surface area contributed by atoms with Crippen LogP contribution in [0.5, 0.6) is 5.88 Å². The Morgan fingerprint density at radius 2 is 2.10 bits per heavy atom. The van der Waals surface area contributed by atoms with Gasteiger partial charge in [-0.25, -0.2) is 19.3 Å². The maximum atomic E-state index is 11.9. The molecule has 0 saturated carbocycles. The number of aromatic nitrogens is 4. The molecule has 0 aromatic carbocycles. The molecule has 0 aliphatic carbocycles. The zero-order valence-corrected chi connectivity index (χ0v) is 22.9. The van der Waals surface area contributed by atoms with E-state index in [4.69, 9.17) is 20.2 Å². The van der Waals surface area contributed by atoms with Gasteiger partial charge in [0, 0.05) is 59.9 Å². The lowest BCUT2D eigenvalue weighted by molar-refractivity contribution is 0.0207. The molecule has 2 aliphatic heterocycles. The summed E-state index contributed by atoms with van der Waals surface area (Å²) in [5.41, 5.74) is 8.63. The number of nitrogens with zero attached hydrogens (tertiary/aromatic N) is 7. The molecule has 1 amide bonds. The zero-order valence-electron chi connectivity index (χ0n) is 21.3. The van der Waals surface area contributed by atoms with Crippen molar-refractivity contribution < 1.29 is 14.3 Å². The molecular weight excluding hydrogens is 564 g/mol. The van der Waals surface area contributed by atoms with Crippen molar-refractivity contribution >= 4 is 33.4 Å². The second-order valence-electron chi connectivity index (χ2n) is 9.95. The summed E-state index contributed by atoms with van der Waals surface area (Å²) in [6, 6.07) is 11.9. The van der Waals surface area contributed by atoms with Crippen LogP contribution in [0.25, 0.3) is 16.6 Å². The molecule has 4 aromatic heterocycles. The lowest BCUT2D eigenvalue weighted by atomic mass is 9.86. The van der Waals surface area contributed by atoms with Crippen LogP contribution in [0.1, 0.15) is 18.1 Å². The van der Waals surface area contributed by atoms with Crippen molar-refractivity contribution in [3.8, 4) is 23.1 Å². The van der Waals surface area contributed by atoms with Gasteiger partial charge >= 0.3 is 6.09 Å². The van der Waals surface area contributed by atoms with E-state index in [0.717, 1.165) is 39.0 Å². The number of nitriles is 1.